The van der Waals surface area contributed by atoms with Gasteiger partial charge in [-0.2, -0.15) is 0 Å². The second kappa shape index (κ2) is 3.37. The summed E-state index contributed by atoms with van der Waals surface area (Å²) < 4.78 is 0. The molecule has 0 aromatic carbocycles. The van der Waals surface area contributed by atoms with Crippen LogP contribution in [0.15, 0.2) is 11.6 Å². The summed E-state index contributed by atoms with van der Waals surface area (Å²) in [6.45, 7) is 3.05. The molecule has 0 aromatic rings. The third-order valence-corrected chi connectivity index (χ3v) is 2.15. The number of hydrogen-bond acceptors (Lipinski definition) is 2. The Hall–Kier alpha value is -0.340. The zero-order valence-corrected chi connectivity index (χ0v) is 7.54. The lowest BCUT2D eigenvalue weighted by Crippen LogP contribution is -2.20. The first-order chi connectivity index (χ1) is 5.09. The van der Waals surface area contributed by atoms with Gasteiger partial charge in [-0.05, 0) is 38.9 Å². The standard InChI is InChI=1S/C9H17NO/c1-7-4-8(5-9(7)11)6-10(2)3/h4,8-9,11H,5-6H2,1-3H3/t8-,9+/m0/s1. The summed E-state index contributed by atoms with van der Waals surface area (Å²) in [5.41, 5.74) is 1.14. The van der Waals surface area contributed by atoms with Crippen molar-refractivity contribution in [2.45, 2.75) is 19.4 Å². The summed E-state index contributed by atoms with van der Waals surface area (Å²) in [5.74, 6) is 0.556. The summed E-state index contributed by atoms with van der Waals surface area (Å²) in [5, 5.41) is 9.39. The fourth-order valence-corrected chi connectivity index (χ4v) is 1.62. The van der Waals surface area contributed by atoms with E-state index in [0.29, 0.717) is 5.92 Å². The molecule has 2 nitrogen and oxygen atoms in total. The Morgan fingerprint density at radius 2 is 2.27 bits per heavy atom. The van der Waals surface area contributed by atoms with Crippen molar-refractivity contribution >= 4 is 0 Å². The summed E-state index contributed by atoms with van der Waals surface area (Å²) in [6, 6.07) is 0. The van der Waals surface area contributed by atoms with E-state index in [1.54, 1.807) is 0 Å². The van der Waals surface area contributed by atoms with Crippen molar-refractivity contribution in [1.82, 2.24) is 4.90 Å². The fraction of sp³-hybridized carbons (Fsp3) is 0.778. The first-order valence-corrected chi connectivity index (χ1v) is 4.10. The summed E-state index contributed by atoms with van der Waals surface area (Å²) in [7, 11) is 4.13. The molecule has 0 saturated carbocycles. The van der Waals surface area contributed by atoms with E-state index in [1.165, 1.54) is 0 Å². The molecule has 0 unspecified atom stereocenters. The van der Waals surface area contributed by atoms with Gasteiger partial charge in [0.15, 0.2) is 0 Å². The maximum atomic E-state index is 9.39. The molecule has 0 fully saturated rings. The second-order valence-electron chi connectivity index (χ2n) is 3.68. The fourth-order valence-electron chi connectivity index (χ4n) is 1.62. The monoisotopic (exact) mass is 155 g/mol. The normalized spacial score (nSPS) is 31.2. The minimum atomic E-state index is -0.181. The smallest absolute Gasteiger partial charge is 0.0753 e. The van der Waals surface area contributed by atoms with Crippen molar-refractivity contribution in [2.24, 2.45) is 5.92 Å². The number of aliphatic hydroxyl groups is 1. The van der Waals surface area contributed by atoms with Crippen molar-refractivity contribution < 1.29 is 5.11 Å². The third-order valence-electron chi connectivity index (χ3n) is 2.15. The van der Waals surface area contributed by atoms with Crippen molar-refractivity contribution in [3.63, 3.8) is 0 Å². The molecule has 11 heavy (non-hydrogen) atoms. The molecule has 0 spiro atoms. The molecule has 0 bridgehead atoms. The number of hydrogen-bond donors (Lipinski definition) is 1. The molecule has 2 atom stereocenters. The van der Waals surface area contributed by atoms with E-state index in [9.17, 15) is 5.11 Å². The maximum Gasteiger partial charge on any atom is 0.0753 e. The van der Waals surface area contributed by atoms with E-state index in [0.717, 1.165) is 18.5 Å². The molecular formula is C9H17NO. The topological polar surface area (TPSA) is 23.5 Å². The van der Waals surface area contributed by atoms with Crippen LogP contribution in [0, 0.1) is 5.92 Å². The van der Waals surface area contributed by atoms with Gasteiger partial charge in [-0.3, -0.25) is 0 Å². The van der Waals surface area contributed by atoms with E-state index in [2.05, 4.69) is 25.1 Å². The molecule has 1 N–H and O–H groups in total. The lowest BCUT2D eigenvalue weighted by molar-refractivity contribution is 0.192. The molecule has 0 aliphatic heterocycles. The lowest BCUT2D eigenvalue weighted by Gasteiger charge is -2.14. The Bertz CT molecular complexity index is 163. The van der Waals surface area contributed by atoms with E-state index in [4.69, 9.17) is 0 Å². The highest BCUT2D eigenvalue weighted by molar-refractivity contribution is 5.14. The van der Waals surface area contributed by atoms with Gasteiger partial charge in [0.25, 0.3) is 0 Å². The molecular weight excluding hydrogens is 138 g/mol. The molecule has 1 aliphatic carbocycles. The van der Waals surface area contributed by atoms with Gasteiger partial charge in [0, 0.05) is 6.54 Å². The first kappa shape index (κ1) is 8.75. The molecule has 0 amide bonds. The van der Waals surface area contributed by atoms with Crippen LogP contribution >= 0.6 is 0 Å². The van der Waals surface area contributed by atoms with Crippen molar-refractivity contribution in [3.8, 4) is 0 Å². The predicted octanol–water partition coefficient (Wildman–Crippen LogP) is 0.875. The Kier molecular flexibility index (Phi) is 2.68. The minimum absolute atomic E-state index is 0.181. The highest BCUT2D eigenvalue weighted by Crippen LogP contribution is 2.24. The Morgan fingerprint density at radius 3 is 2.64 bits per heavy atom. The van der Waals surface area contributed by atoms with Gasteiger partial charge in [0.1, 0.15) is 0 Å². The van der Waals surface area contributed by atoms with E-state index in [1.807, 2.05) is 6.92 Å². The minimum Gasteiger partial charge on any atom is -0.389 e. The van der Waals surface area contributed by atoms with Gasteiger partial charge in [-0.1, -0.05) is 6.08 Å². The van der Waals surface area contributed by atoms with Crippen LogP contribution in [0.3, 0.4) is 0 Å². The van der Waals surface area contributed by atoms with Gasteiger partial charge < -0.3 is 10.0 Å². The highest BCUT2D eigenvalue weighted by Gasteiger charge is 2.21. The predicted molar refractivity (Wildman–Crippen MR) is 46.4 cm³/mol. The average molecular weight is 155 g/mol. The number of rotatable bonds is 2. The lowest BCUT2D eigenvalue weighted by atomic mass is 10.1. The van der Waals surface area contributed by atoms with Crippen LogP contribution < -0.4 is 0 Å². The van der Waals surface area contributed by atoms with Gasteiger partial charge in [-0.15, -0.1) is 0 Å². The van der Waals surface area contributed by atoms with Gasteiger partial charge >= 0.3 is 0 Å². The van der Waals surface area contributed by atoms with Gasteiger partial charge in [0.05, 0.1) is 6.10 Å². The molecule has 1 aliphatic rings. The molecule has 2 heteroatoms. The van der Waals surface area contributed by atoms with E-state index in [-0.39, 0.29) is 6.10 Å². The zero-order chi connectivity index (χ0) is 8.43. The summed E-state index contributed by atoms with van der Waals surface area (Å²) in [4.78, 5) is 2.16. The van der Waals surface area contributed by atoms with Crippen LogP contribution in [0.1, 0.15) is 13.3 Å². The Morgan fingerprint density at radius 1 is 1.64 bits per heavy atom. The van der Waals surface area contributed by atoms with Crippen molar-refractivity contribution in [2.75, 3.05) is 20.6 Å². The van der Waals surface area contributed by atoms with Crippen LogP contribution in [0.25, 0.3) is 0 Å². The molecule has 1 rings (SSSR count). The summed E-state index contributed by atoms with van der Waals surface area (Å²) in [6.07, 6.45) is 2.91. The largest absolute Gasteiger partial charge is 0.389 e. The molecule has 64 valence electrons. The highest BCUT2D eigenvalue weighted by atomic mass is 16.3. The van der Waals surface area contributed by atoms with Crippen LogP contribution in [0.5, 0.6) is 0 Å². The number of nitrogens with zero attached hydrogens (tertiary/aromatic N) is 1. The molecule has 0 radical (unpaired) electrons. The van der Waals surface area contributed by atoms with E-state index < -0.39 is 0 Å². The van der Waals surface area contributed by atoms with Crippen molar-refractivity contribution in [1.29, 1.82) is 0 Å². The molecule has 0 aromatic heterocycles. The Balaban J connectivity index is 2.41. The second-order valence-corrected chi connectivity index (χ2v) is 3.68. The molecule has 0 heterocycles. The Labute approximate surface area is 68.5 Å². The van der Waals surface area contributed by atoms with Crippen LogP contribution in [0.4, 0.5) is 0 Å². The van der Waals surface area contributed by atoms with Gasteiger partial charge in [0.2, 0.25) is 0 Å². The van der Waals surface area contributed by atoms with Gasteiger partial charge in [-0.25, -0.2) is 0 Å². The van der Waals surface area contributed by atoms with Crippen molar-refractivity contribution in [3.05, 3.63) is 11.6 Å². The third kappa shape index (κ3) is 2.31. The average Bonchev–Trinajstić information content (AvgIpc) is 2.10. The quantitative estimate of drug-likeness (QED) is 0.598. The van der Waals surface area contributed by atoms with Crippen LogP contribution in [-0.2, 0) is 0 Å². The van der Waals surface area contributed by atoms with Crippen LogP contribution in [-0.4, -0.2) is 36.8 Å². The maximum absolute atomic E-state index is 9.39. The molecule has 0 saturated heterocycles. The number of aliphatic hydroxyl groups excluding tert-OH is 1. The van der Waals surface area contributed by atoms with Crippen LogP contribution in [0.2, 0.25) is 0 Å². The first-order valence-electron chi connectivity index (χ1n) is 4.10. The summed E-state index contributed by atoms with van der Waals surface area (Å²) >= 11 is 0. The zero-order valence-electron chi connectivity index (χ0n) is 7.54. The SMILES string of the molecule is CC1=C[C@H](CN(C)C)C[C@H]1O. The van der Waals surface area contributed by atoms with E-state index >= 15 is 0 Å².